The fourth-order valence-electron chi connectivity index (χ4n) is 7.48. The van der Waals surface area contributed by atoms with E-state index < -0.39 is 11.9 Å². The third-order valence-corrected chi connectivity index (χ3v) is 10.1. The van der Waals surface area contributed by atoms with Gasteiger partial charge in [0.05, 0.1) is 14.2 Å². The van der Waals surface area contributed by atoms with Gasteiger partial charge >= 0.3 is 35.0 Å². The van der Waals surface area contributed by atoms with Crippen molar-refractivity contribution >= 4 is 52.4 Å². The number of rotatable bonds is 6. The quantitative estimate of drug-likeness (QED) is 0.163. The predicted octanol–water partition coefficient (Wildman–Crippen LogP) is 4.87. The maximum absolute atomic E-state index is 14.1. The van der Waals surface area contributed by atoms with Crippen LogP contribution in [0.3, 0.4) is 0 Å². The number of ether oxygens (including phenoxy) is 2. The van der Waals surface area contributed by atoms with Gasteiger partial charge in [-0.15, -0.1) is 11.4 Å². The Hall–Kier alpha value is -3.50. The summed E-state index contributed by atoms with van der Waals surface area (Å²) in [7, 11) is 2.65. The smallest absolute Gasteiger partial charge is 0.664 e. The van der Waals surface area contributed by atoms with E-state index in [0.29, 0.717) is 48.2 Å². The molecule has 3 aromatic heterocycles. The number of aromatic nitrogens is 3. The Morgan fingerprint density at radius 2 is 1.61 bits per heavy atom. The van der Waals surface area contributed by atoms with Crippen LogP contribution in [0.2, 0.25) is 0 Å². The summed E-state index contributed by atoms with van der Waals surface area (Å²) in [4.78, 5) is 54.9. The average Bonchev–Trinajstić information content (AvgIpc) is 3.76. The van der Waals surface area contributed by atoms with Crippen molar-refractivity contribution in [1.82, 2.24) is 15.0 Å². The molecule has 3 atom stereocenters. The molecule has 0 unspecified atom stereocenters. The van der Waals surface area contributed by atoms with Crippen LogP contribution in [-0.2, 0) is 44.7 Å². The number of carbonyl (C=O) groups excluding carboxylic acids is 3. The van der Waals surface area contributed by atoms with E-state index in [4.69, 9.17) is 29.7 Å². The van der Waals surface area contributed by atoms with Gasteiger partial charge in [0.25, 0.3) is 0 Å². The van der Waals surface area contributed by atoms with Crippen LogP contribution in [0.5, 0.6) is 0 Å². The van der Waals surface area contributed by atoms with Gasteiger partial charge in [0, 0.05) is 12.0 Å². The topological polar surface area (TPSA) is 126 Å². The first-order valence-corrected chi connectivity index (χ1v) is 15.6. The SMILES string of the molecule is [CH2-]Cc1c2[n-]c(c1C)/C=C1\[N-]/C(=C3\c4[n-]c(c(C)c4C(=O)[C@@H]3C(=O)OC)Cc3[n-]c(c(C)c3CC)C2)[C@@H](CCC(=O)OC)[C@@H]1C.[Mg+2]. The fourth-order valence-corrected chi connectivity index (χ4v) is 7.48. The number of fused-ring (bicyclic) bond motifs is 7. The van der Waals surface area contributed by atoms with Crippen molar-refractivity contribution in [2.45, 2.75) is 73.1 Å². The summed E-state index contributed by atoms with van der Waals surface area (Å²) in [6, 6.07) is 0. The largest absolute Gasteiger partial charge is 2.00 e. The molecule has 10 heteroatoms. The Bertz CT molecular complexity index is 1800. The van der Waals surface area contributed by atoms with Gasteiger partial charge in [0.2, 0.25) is 0 Å². The fraction of sp³-hybridized carbons (Fsp3) is 0.444. The maximum atomic E-state index is 14.1. The summed E-state index contributed by atoms with van der Waals surface area (Å²) >= 11 is 0. The van der Waals surface area contributed by atoms with Gasteiger partial charge in [0.15, 0.2) is 5.78 Å². The number of nitrogens with zero attached hydrogens (tertiary/aromatic N) is 4. The van der Waals surface area contributed by atoms with E-state index in [-0.39, 0.29) is 53.1 Å². The average molecular weight is 632 g/mol. The zero-order valence-electron chi connectivity index (χ0n) is 27.8. The molecule has 0 radical (unpaired) electrons. The zero-order valence-corrected chi connectivity index (χ0v) is 29.2. The zero-order chi connectivity index (χ0) is 32.3. The van der Waals surface area contributed by atoms with Gasteiger partial charge in [-0.1, -0.05) is 53.3 Å². The van der Waals surface area contributed by atoms with Crippen molar-refractivity contribution < 1.29 is 23.9 Å². The van der Waals surface area contributed by atoms with Gasteiger partial charge in [-0.05, 0) is 58.3 Å². The van der Waals surface area contributed by atoms with Gasteiger partial charge < -0.3 is 36.7 Å². The molecule has 1 fully saturated rings. The number of allylic oxidation sites excluding steroid dienone is 2. The minimum atomic E-state index is -1.18. The Morgan fingerprint density at radius 1 is 0.935 bits per heavy atom. The molecule has 238 valence electrons. The first-order chi connectivity index (χ1) is 21.5. The summed E-state index contributed by atoms with van der Waals surface area (Å²) in [5.74, 6) is -2.87. The maximum Gasteiger partial charge on any atom is 2.00 e. The molecule has 2 aliphatic heterocycles. The minimum absolute atomic E-state index is 0. The summed E-state index contributed by atoms with van der Waals surface area (Å²) < 4.78 is 10.1. The van der Waals surface area contributed by atoms with E-state index >= 15 is 0 Å². The molecule has 0 aromatic carbocycles. The second-order valence-corrected chi connectivity index (χ2v) is 12.3. The molecule has 3 aliphatic rings. The van der Waals surface area contributed by atoms with Crippen LogP contribution < -0.4 is 15.0 Å². The minimum Gasteiger partial charge on any atom is -0.664 e. The molecule has 6 rings (SSSR count). The summed E-state index contributed by atoms with van der Waals surface area (Å²) in [6.07, 6.45) is 5.08. The second kappa shape index (κ2) is 12.9. The van der Waals surface area contributed by atoms with E-state index in [1.807, 2.05) is 13.0 Å². The third-order valence-electron chi connectivity index (χ3n) is 10.1. The monoisotopic (exact) mass is 631 g/mol. The van der Waals surface area contributed by atoms with E-state index in [2.05, 4.69) is 34.6 Å². The molecule has 1 saturated heterocycles. The van der Waals surface area contributed by atoms with Crippen LogP contribution in [-0.4, -0.2) is 55.0 Å². The predicted molar refractivity (Wildman–Crippen MR) is 175 cm³/mol. The summed E-state index contributed by atoms with van der Waals surface area (Å²) in [5.41, 5.74) is 12.5. The Labute approximate surface area is 286 Å². The number of esters is 2. The van der Waals surface area contributed by atoms with Crippen LogP contribution in [0.4, 0.5) is 0 Å². The van der Waals surface area contributed by atoms with Crippen LogP contribution in [0, 0.1) is 45.4 Å². The Morgan fingerprint density at radius 3 is 2.24 bits per heavy atom. The molecule has 5 heterocycles. The van der Waals surface area contributed by atoms with Crippen molar-refractivity contribution in [2.75, 3.05) is 14.2 Å². The molecule has 46 heavy (non-hydrogen) atoms. The van der Waals surface area contributed by atoms with Crippen LogP contribution >= 0.6 is 0 Å². The van der Waals surface area contributed by atoms with Gasteiger partial charge in [-0.25, -0.2) is 0 Å². The van der Waals surface area contributed by atoms with Crippen molar-refractivity contribution in [3.63, 3.8) is 0 Å². The van der Waals surface area contributed by atoms with E-state index in [0.717, 1.165) is 62.8 Å². The number of ketones is 1. The Balaban J connectivity index is 0.00000417. The van der Waals surface area contributed by atoms with Crippen LogP contribution in [0.15, 0.2) is 11.4 Å². The van der Waals surface area contributed by atoms with Gasteiger partial charge in [0.1, 0.15) is 5.92 Å². The number of Topliss-reactive ketones (excluding diaryl/α,β-unsaturated/α-hetero) is 1. The molecule has 0 N–H and O–H groups in total. The molecule has 0 spiro atoms. The number of hydrogen-bond donors (Lipinski definition) is 0. The number of methoxy groups -OCH3 is 2. The number of hydrogen-bond acceptors (Lipinski definition) is 5. The molecule has 8 bridgehead atoms. The third kappa shape index (κ3) is 5.27. The Kier molecular flexibility index (Phi) is 9.53. The first-order valence-electron chi connectivity index (χ1n) is 15.6. The first kappa shape index (κ1) is 33.8. The summed E-state index contributed by atoms with van der Waals surface area (Å²) in [5, 5.41) is 5.14. The van der Waals surface area contributed by atoms with Crippen LogP contribution in [0.25, 0.3) is 17.0 Å². The molecule has 0 amide bonds. The van der Waals surface area contributed by atoms with Crippen molar-refractivity contribution in [3.8, 4) is 0 Å². The molecule has 9 nitrogen and oxygen atoms in total. The van der Waals surface area contributed by atoms with Crippen molar-refractivity contribution in [3.05, 3.63) is 91.2 Å². The van der Waals surface area contributed by atoms with Crippen molar-refractivity contribution in [2.24, 2.45) is 17.8 Å². The standard InChI is InChI=1S/C36H40N4O5.Mg/c1-9-20-16(3)23-13-25-18(5)22(11-12-29(41)44-7)33(39-25)31-32(36(43)45-8)35(42)30-19(6)26(40-34(30)31)15-28-21(10-2)17(4)24(38-28)14-27(20)37-23;/h13,18,22,32H,1,9-12,14-15H2,2-8H3,(H-,39,40,42);/q-4;+2/p-1/b25-13-;/t18-,22-,32+;/m0./s1. The normalized spacial score (nSPS) is 22.7. The van der Waals surface area contributed by atoms with E-state index in [1.54, 1.807) is 0 Å². The van der Waals surface area contributed by atoms with E-state index in [1.165, 1.54) is 19.8 Å². The summed E-state index contributed by atoms with van der Waals surface area (Å²) in [6.45, 7) is 14.5. The van der Waals surface area contributed by atoms with Crippen LogP contribution in [0.1, 0.15) is 99.0 Å². The van der Waals surface area contributed by atoms with Crippen molar-refractivity contribution in [1.29, 1.82) is 0 Å². The van der Waals surface area contributed by atoms with Gasteiger partial charge in [-0.2, -0.15) is 40.6 Å². The molecule has 0 saturated carbocycles. The molecule has 1 aliphatic carbocycles. The number of carbonyl (C=O) groups is 3. The molecular weight excluding hydrogens is 593 g/mol. The second-order valence-electron chi connectivity index (χ2n) is 12.3. The molecule has 3 aromatic rings. The molecular formula is C36H39MgN4O5-3. The van der Waals surface area contributed by atoms with E-state index in [9.17, 15) is 14.4 Å². The van der Waals surface area contributed by atoms with Gasteiger partial charge in [-0.3, -0.25) is 14.4 Å².